The molecule has 1 aromatic carbocycles. The van der Waals surface area contributed by atoms with Crippen LogP contribution in [-0.2, 0) is 16.6 Å². The van der Waals surface area contributed by atoms with Crippen LogP contribution in [0, 0.1) is 5.92 Å². The van der Waals surface area contributed by atoms with Crippen molar-refractivity contribution in [1.82, 2.24) is 10.2 Å². The molecule has 1 N–H and O–H groups in total. The number of hydrogen-bond donors (Lipinski definition) is 1. The summed E-state index contributed by atoms with van der Waals surface area (Å²) in [5.74, 6) is 0.737. The molecule has 1 aliphatic rings. The first-order chi connectivity index (χ1) is 12.8. The summed E-state index contributed by atoms with van der Waals surface area (Å²) in [4.78, 5) is 16.5. The maximum Gasteiger partial charge on any atom is 0.237 e. The molecule has 0 aliphatic carbocycles. The second-order valence-corrected chi connectivity index (χ2v) is 9.94. The molecule has 2 aromatic rings. The summed E-state index contributed by atoms with van der Waals surface area (Å²) in [7, 11) is 0. The summed E-state index contributed by atoms with van der Waals surface area (Å²) in [6.07, 6.45) is 0.958. The minimum Gasteiger partial charge on any atom is -0.330 e. The largest absolute Gasteiger partial charge is 0.330 e. The lowest BCUT2D eigenvalue weighted by atomic mass is 9.85. The Bertz CT molecular complexity index is 770. The first-order valence-corrected chi connectivity index (χ1v) is 10.8. The summed E-state index contributed by atoms with van der Waals surface area (Å²) in [6.45, 7) is 13.1. The van der Waals surface area contributed by atoms with E-state index in [1.807, 2.05) is 11.3 Å². The van der Waals surface area contributed by atoms with Crippen LogP contribution in [0.1, 0.15) is 62.2 Å². The number of nitrogens with zero attached hydrogens (tertiary/aromatic N) is 1. The molecule has 3 nitrogen and oxygen atoms in total. The van der Waals surface area contributed by atoms with E-state index < -0.39 is 0 Å². The molecule has 2 heterocycles. The normalized spacial score (nSPS) is 17.3. The number of rotatable bonds is 5. The topological polar surface area (TPSA) is 32.3 Å². The molecule has 0 saturated carbocycles. The molecule has 4 heteroatoms. The van der Waals surface area contributed by atoms with E-state index in [2.05, 4.69) is 80.5 Å². The van der Waals surface area contributed by atoms with Gasteiger partial charge in [-0.1, -0.05) is 58.9 Å². The van der Waals surface area contributed by atoms with Crippen LogP contribution in [0.15, 0.2) is 35.7 Å². The third-order valence-corrected chi connectivity index (χ3v) is 6.20. The van der Waals surface area contributed by atoms with Gasteiger partial charge in [0.1, 0.15) is 0 Å². The molecule has 146 valence electrons. The van der Waals surface area contributed by atoms with Gasteiger partial charge in [-0.05, 0) is 52.4 Å². The zero-order chi connectivity index (χ0) is 19.6. The minimum absolute atomic E-state index is 0.0300. The van der Waals surface area contributed by atoms with Crippen LogP contribution < -0.4 is 5.32 Å². The summed E-state index contributed by atoms with van der Waals surface area (Å²) in [5, 5.41) is 5.47. The van der Waals surface area contributed by atoms with Crippen LogP contribution in [0.4, 0.5) is 0 Å². The van der Waals surface area contributed by atoms with Gasteiger partial charge in [0, 0.05) is 11.4 Å². The van der Waals surface area contributed by atoms with Gasteiger partial charge in [0.15, 0.2) is 0 Å². The highest BCUT2D eigenvalue weighted by atomic mass is 32.1. The van der Waals surface area contributed by atoms with Crippen molar-refractivity contribution in [2.24, 2.45) is 5.92 Å². The molecule has 1 amide bonds. The van der Waals surface area contributed by atoms with Gasteiger partial charge < -0.3 is 10.2 Å². The first kappa shape index (κ1) is 20.1. The van der Waals surface area contributed by atoms with Gasteiger partial charge in [-0.25, -0.2) is 0 Å². The maximum atomic E-state index is 13.0. The Morgan fingerprint density at radius 2 is 1.93 bits per heavy atom. The summed E-state index contributed by atoms with van der Waals surface area (Å²) < 4.78 is 0. The zero-order valence-electron chi connectivity index (χ0n) is 17.2. The van der Waals surface area contributed by atoms with Crippen molar-refractivity contribution < 1.29 is 4.79 Å². The van der Waals surface area contributed by atoms with Crippen LogP contribution >= 0.6 is 11.3 Å². The second-order valence-electron chi connectivity index (χ2n) is 8.94. The number of carbonyl (C=O) groups is 1. The molecule has 1 aromatic heterocycles. The van der Waals surface area contributed by atoms with E-state index in [4.69, 9.17) is 0 Å². The van der Waals surface area contributed by atoms with E-state index in [0.29, 0.717) is 12.5 Å². The SMILES string of the molecule is CC(C)CNCC(=O)N1CCc2sccc2C1c1ccc(C(C)(C)C)cc1. The van der Waals surface area contributed by atoms with Crippen molar-refractivity contribution in [2.75, 3.05) is 19.6 Å². The van der Waals surface area contributed by atoms with E-state index >= 15 is 0 Å². The Morgan fingerprint density at radius 1 is 1.22 bits per heavy atom. The number of amides is 1. The molecule has 27 heavy (non-hydrogen) atoms. The van der Waals surface area contributed by atoms with Gasteiger partial charge in [-0.2, -0.15) is 0 Å². The minimum atomic E-state index is 0.0300. The fourth-order valence-electron chi connectivity index (χ4n) is 3.68. The van der Waals surface area contributed by atoms with Crippen molar-refractivity contribution in [2.45, 2.75) is 52.5 Å². The van der Waals surface area contributed by atoms with E-state index in [9.17, 15) is 4.79 Å². The molecule has 1 atom stereocenters. The second kappa shape index (κ2) is 8.15. The Morgan fingerprint density at radius 3 is 2.56 bits per heavy atom. The number of benzene rings is 1. The maximum absolute atomic E-state index is 13.0. The Hall–Kier alpha value is -1.65. The molecule has 0 bridgehead atoms. The fraction of sp³-hybridized carbons (Fsp3) is 0.522. The van der Waals surface area contributed by atoms with Gasteiger partial charge in [-0.15, -0.1) is 11.3 Å². The van der Waals surface area contributed by atoms with E-state index in [0.717, 1.165) is 19.5 Å². The van der Waals surface area contributed by atoms with Crippen molar-refractivity contribution >= 4 is 17.2 Å². The van der Waals surface area contributed by atoms with Crippen molar-refractivity contribution in [3.63, 3.8) is 0 Å². The highest BCUT2D eigenvalue weighted by Gasteiger charge is 2.32. The van der Waals surface area contributed by atoms with Crippen molar-refractivity contribution in [1.29, 1.82) is 0 Å². The third-order valence-electron chi connectivity index (χ3n) is 5.21. The van der Waals surface area contributed by atoms with Gasteiger partial charge in [0.25, 0.3) is 0 Å². The van der Waals surface area contributed by atoms with Gasteiger partial charge >= 0.3 is 0 Å². The fourth-order valence-corrected chi connectivity index (χ4v) is 4.58. The zero-order valence-corrected chi connectivity index (χ0v) is 18.0. The Labute approximate surface area is 167 Å². The quantitative estimate of drug-likeness (QED) is 0.806. The lowest BCUT2D eigenvalue weighted by Crippen LogP contribution is -2.44. The molecule has 0 fully saturated rings. The number of nitrogens with one attached hydrogen (secondary N) is 1. The van der Waals surface area contributed by atoms with E-state index in [-0.39, 0.29) is 17.4 Å². The van der Waals surface area contributed by atoms with Crippen LogP contribution in [-0.4, -0.2) is 30.4 Å². The summed E-state index contributed by atoms with van der Waals surface area (Å²) in [5.41, 5.74) is 3.96. The number of fused-ring (bicyclic) bond motifs is 1. The average molecular weight is 385 g/mol. The number of hydrogen-bond acceptors (Lipinski definition) is 3. The molecule has 1 unspecified atom stereocenters. The number of thiophene rings is 1. The molecule has 0 spiro atoms. The molecule has 0 radical (unpaired) electrons. The monoisotopic (exact) mass is 384 g/mol. The first-order valence-electron chi connectivity index (χ1n) is 9.94. The van der Waals surface area contributed by atoms with Gasteiger partial charge in [-0.3, -0.25) is 4.79 Å². The molecular formula is C23H32N2OS. The van der Waals surface area contributed by atoms with Crippen LogP contribution in [0.3, 0.4) is 0 Å². The standard InChI is InChI=1S/C23H32N2OS/c1-16(2)14-24-15-21(26)25-12-10-20-19(11-13-27-20)22(25)17-6-8-18(9-7-17)23(3,4)5/h6-9,11,13,16,22,24H,10,12,14-15H2,1-5H3. The number of carbonyl (C=O) groups excluding carboxylic acids is 1. The smallest absolute Gasteiger partial charge is 0.237 e. The highest BCUT2D eigenvalue weighted by Crippen LogP contribution is 2.38. The lowest BCUT2D eigenvalue weighted by molar-refractivity contribution is -0.132. The average Bonchev–Trinajstić information content (AvgIpc) is 3.08. The summed E-state index contributed by atoms with van der Waals surface area (Å²) >= 11 is 1.81. The predicted molar refractivity (Wildman–Crippen MR) is 114 cm³/mol. The van der Waals surface area contributed by atoms with Gasteiger partial charge in [0.05, 0.1) is 12.6 Å². The molecular weight excluding hydrogens is 352 g/mol. The van der Waals surface area contributed by atoms with Gasteiger partial charge in [0.2, 0.25) is 5.91 Å². The van der Waals surface area contributed by atoms with Crippen LogP contribution in [0.2, 0.25) is 0 Å². The Balaban J connectivity index is 1.87. The Kier molecular flexibility index (Phi) is 6.07. The molecule has 0 saturated heterocycles. The van der Waals surface area contributed by atoms with E-state index in [1.54, 1.807) is 0 Å². The van der Waals surface area contributed by atoms with E-state index in [1.165, 1.54) is 21.6 Å². The third kappa shape index (κ3) is 4.61. The molecule has 1 aliphatic heterocycles. The van der Waals surface area contributed by atoms with Crippen molar-refractivity contribution in [3.8, 4) is 0 Å². The lowest BCUT2D eigenvalue weighted by Gasteiger charge is -2.37. The van der Waals surface area contributed by atoms with Crippen LogP contribution in [0.25, 0.3) is 0 Å². The predicted octanol–water partition coefficient (Wildman–Crippen LogP) is 4.77. The molecule has 3 rings (SSSR count). The van der Waals surface area contributed by atoms with Crippen LogP contribution in [0.5, 0.6) is 0 Å². The summed E-state index contributed by atoms with van der Waals surface area (Å²) in [6, 6.07) is 11.1. The highest BCUT2D eigenvalue weighted by molar-refractivity contribution is 7.10. The van der Waals surface area contributed by atoms with Crippen molar-refractivity contribution in [3.05, 3.63) is 57.3 Å².